The van der Waals surface area contributed by atoms with E-state index < -0.39 is 5.18 Å². The van der Waals surface area contributed by atoms with Gasteiger partial charge in [-0.2, -0.15) is 5.10 Å². The highest BCUT2D eigenvalue weighted by Gasteiger charge is 2.57. The van der Waals surface area contributed by atoms with Crippen LogP contribution in [0.3, 0.4) is 0 Å². The summed E-state index contributed by atoms with van der Waals surface area (Å²) in [5.41, 5.74) is 3.89. The van der Waals surface area contributed by atoms with Crippen molar-refractivity contribution in [3.8, 4) is 11.5 Å². The lowest BCUT2D eigenvalue weighted by molar-refractivity contribution is -0.127. The van der Waals surface area contributed by atoms with Gasteiger partial charge in [-0.05, 0) is 47.2 Å². The summed E-state index contributed by atoms with van der Waals surface area (Å²) in [4.78, 5) is 13.5. The van der Waals surface area contributed by atoms with E-state index in [1.165, 1.54) is 11.8 Å². The van der Waals surface area contributed by atoms with Gasteiger partial charge in [0.25, 0.3) is 5.91 Å². The first-order valence-corrected chi connectivity index (χ1v) is 11.2. The molecule has 3 aromatic carbocycles. The first-order chi connectivity index (χ1) is 15.6. The quantitative estimate of drug-likeness (QED) is 0.575. The molecule has 0 bridgehead atoms. The molecule has 1 amide bonds. The van der Waals surface area contributed by atoms with Crippen LogP contribution in [0.5, 0.6) is 11.5 Å². The van der Waals surface area contributed by atoms with Gasteiger partial charge >= 0.3 is 5.18 Å². The number of phenolic OH excluding ortho intramolecular Hbond substituents is 1. The highest BCUT2D eigenvalue weighted by molar-refractivity contribution is 8.05. The van der Waals surface area contributed by atoms with Crippen LogP contribution in [0, 0.1) is 0 Å². The molecule has 6 nitrogen and oxygen atoms in total. The first-order valence-electron chi connectivity index (χ1n) is 10.3. The molecule has 3 heterocycles. The maximum absolute atomic E-state index is 13.0. The number of thioether (sulfide) groups is 1. The Morgan fingerprint density at radius 3 is 2.62 bits per heavy atom. The van der Waals surface area contributed by atoms with Crippen LogP contribution in [0.4, 0.5) is 0 Å². The monoisotopic (exact) mass is 441 g/mol. The molecule has 3 aliphatic heterocycles. The number of carbonyl (C=O) groups excluding carboxylic acids is 1. The van der Waals surface area contributed by atoms with Crippen molar-refractivity contribution in [1.82, 2.24) is 10.3 Å². The van der Waals surface area contributed by atoms with Gasteiger partial charge in [-0.3, -0.25) is 10.1 Å². The predicted molar refractivity (Wildman–Crippen MR) is 124 cm³/mol. The molecule has 0 radical (unpaired) electrons. The lowest BCUT2D eigenvalue weighted by atomic mass is 9.97. The molecule has 1 spiro atoms. The van der Waals surface area contributed by atoms with Crippen molar-refractivity contribution in [2.75, 3.05) is 0 Å². The van der Waals surface area contributed by atoms with Crippen molar-refractivity contribution in [1.29, 1.82) is 0 Å². The second kappa shape index (κ2) is 7.17. The third kappa shape index (κ3) is 3.05. The zero-order chi connectivity index (χ0) is 21.7. The molecule has 1 saturated heterocycles. The third-order valence-electron chi connectivity index (χ3n) is 5.78. The Morgan fingerprint density at radius 1 is 1.06 bits per heavy atom. The van der Waals surface area contributed by atoms with E-state index in [1.807, 2.05) is 53.5 Å². The standard InChI is InChI=1S/C25H19N3O3S/c29-18-12-10-16(11-13-18)14-23-24(30)26-25(32-23)28-21(19-8-4-5-9-22(19)31-25)15-20(27-28)17-6-2-1-3-7-17/h1-14,21,29H,15H2,(H,26,30)/b23-14-/t21-,25-/m1/s1. The molecule has 6 rings (SSSR count). The van der Waals surface area contributed by atoms with E-state index in [1.54, 1.807) is 30.3 Å². The minimum Gasteiger partial charge on any atom is -0.508 e. The number of nitrogens with one attached hydrogen (secondary N) is 1. The molecule has 158 valence electrons. The van der Waals surface area contributed by atoms with Crippen LogP contribution in [-0.2, 0) is 4.79 Å². The predicted octanol–water partition coefficient (Wildman–Crippen LogP) is 4.45. The summed E-state index contributed by atoms with van der Waals surface area (Å²) in [7, 11) is 0. The lowest BCUT2D eigenvalue weighted by Gasteiger charge is -2.43. The minimum atomic E-state index is -1.16. The average molecular weight is 442 g/mol. The summed E-state index contributed by atoms with van der Waals surface area (Å²) < 4.78 is 6.41. The van der Waals surface area contributed by atoms with E-state index in [9.17, 15) is 9.90 Å². The molecular weight excluding hydrogens is 422 g/mol. The summed E-state index contributed by atoms with van der Waals surface area (Å²) >= 11 is 1.31. The van der Waals surface area contributed by atoms with E-state index in [4.69, 9.17) is 9.84 Å². The van der Waals surface area contributed by atoms with Gasteiger partial charge in [0.1, 0.15) is 11.5 Å². The summed E-state index contributed by atoms with van der Waals surface area (Å²) in [6, 6.07) is 24.7. The SMILES string of the molecule is O=C1N[C@@]2(Oc3ccccc3[C@H]3CC(c4ccccc4)=NN32)S/C1=C\c1ccc(O)cc1. The second-order valence-corrected chi connectivity index (χ2v) is 9.05. The van der Waals surface area contributed by atoms with Crippen LogP contribution in [0.2, 0.25) is 0 Å². The number of nitrogens with zero attached hydrogens (tertiary/aromatic N) is 2. The Bertz CT molecular complexity index is 1270. The Hall–Kier alpha value is -3.71. The summed E-state index contributed by atoms with van der Waals surface area (Å²) in [5, 5.41) is 18.2. The van der Waals surface area contributed by atoms with Gasteiger partial charge in [-0.1, -0.05) is 60.7 Å². The first kappa shape index (κ1) is 19.0. The number of phenols is 1. The van der Waals surface area contributed by atoms with Gasteiger partial charge in [-0.25, -0.2) is 5.01 Å². The zero-order valence-corrected chi connectivity index (χ0v) is 17.8. The molecule has 2 N–H and O–H groups in total. The number of ether oxygens (including phenoxy) is 1. The molecular formula is C25H19N3O3S. The molecule has 1 fully saturated rings. The van der Waals surface area contributed by atoms with Gasteiger partial charge in [0.2, 0.25) is 0 Å². The number of para-hydroxylation sites is 1. The molecule has 0 saturated carbocycles. The fourth-order valence-electron chi connectivity index (χ4n) is 4.27. The van der Waals surface area contributed by atoms with E-state index >= 15 is 0 Å². The summed E-state index contributed by atoms with van der Waals surface area (Å²) in [6.45, 7) is 0. The number of carbonyl (C=O) groups is 1. The number of benzene rings is 3. The fraction of sp³-hybridized carbons (Fsp3) is 0.120. The van der Waals surface area contributed by atoms with Crippen LogP contribution in [0.15, 0.2) is 88.9 Å². The maximum atomic E-state index is 13.0. The van der Waals surface area contributed by atoms with Crippen molar-refractivity contribution < 1.29 is 14.6 Å². The van der Waals surface area contributed by atoms with Crippen molar-refractivity contribution in [2.45, 2.75) is 17.6 Å². The van der Waals surface area contributed by atoms with E-state index in [0.717, 1.165) is 34.6 Å². The Kier molecular flexibility index (Phi) is 4.26. The smallest absolute Gasteiger partial charge is 0.336 e. The number of fused-ring (bicyclic) bond motifs is 4. The lowest BCUT2D eigenvalue weighted by Crippen LogP contribution is -2.58. The molecule has 32 heavy (non-hydrogen) atoms. The van der Waals surface area contributed by atoms with Crippen LogP contribution < -0.4 is 10.1 Å². The zero-order valence-electron chi connectivity index (χ0n) is 16.9. The topological polar surface area (TPSA) is 74.2 Å². The Labute approximate surface area is 189 Å². The highest BCUT2D eigenvalue weighted by Crippen LogP contribution is 2.53. The molecule has 3 aliphatic rings. The van der Waals surface area contributed by atoms with Crippen molar-refractivity contribution in [3.63, 3.8) is 0 Å². The molecule has 3 aromatic rings. The molecule has 0 unspecified atom stereocenters. The molecule has 7 heteroatoms. The molecule has 0 aliphatic carbocycles. The number of aromatic hydroxyl groups is 1. The Morgan fingerprint density at radius 2 is 1.81 bits per heavy atom. The van der Waals surface area contributed by atoms with Crippen LogP contribution in [-0.4, -0.2) is 26.9 Å². The summed E-state index contributed by atoms with van der Waals surface area (Å²) in [5.74, 6) is 0.712. The van der Waals surface area contributed by atoms with Gasteiger partial charge < -0.3 is 9.84 Å². The molecule has 0 aromatic heterocycles. The van der Waals surface area contributed by atoms with Gasteiger partial charge in [0, 0.05) is 12.0 Å². The van der Waals surface area contributed by atoms with Gasteiger partial charge in [-0.15, -0.1) is 0 Å². The van der Waals surface area contributed by atoms with Crippen LogP contribution in [0.1, 0.15) is 29.2 Å². The second-order valence-electron chi connectivity index (χ2n) is 7.86. The normalized spacial score (nSPS) is 24.7. The largest absolute Gasteiger partial charge is 0.508 e. The van der Waals surface area contributed by atoms with E-state index in [2.05, 4.69) is 11.4 Å². The van der Waals surface area contributed by atoms with Crippen molar-refractivity contribution in [2.24, 2.45) is 5.10 Å². The van der Waals surface area contributed by atoms with Crippen LogP contribution in [0.25, 0.3) is 6.08 Å². The Balaban J connectivity index is 1.42. The number of hydrogen-bond donors (Lipinski definition) is 2. The van der Waals surface area contributed by atoms with Gasteiger partial charge in [0.05, 0.1) is 16.7 Å². The number of hydrogen-bond acceptors (Lipinski definition) is 6. The number of rotatable bonds is 2. The molecule has 2 atom stereocenters. The maximum Gasteiger partial charge on any atom is 0.336 e. The van der Waals surface area contributed by atoms with Crippen LogP contribution >= 0.6 is 11.8 Å². The average Bonchev–Trinajstić information content (AvgIpc) is 3.39. The number of hydrazone groups is 1. The fourth-order valence-corrected chi connectivity index (χ4v) is 5.44. The minimum absolute atomic E-state index is 0.0454. The van der Waals surface area contributed by atoms with Crippen molar-refractivity contribution in [3.05, 3.63) is 100 Å². The third-order valence-corrected chi connectivity index (χ3v) is 6.95. The summed E-state index contributed by atoms with van der Waals surface area (Å²) in [6.07, 6.45) is 2.52. The van der Waals surface area contributed by atoms with Crippen molar-refractivity contribution >= 4 is 29.5 Å². The number of amides is 1. The highest BCUT2D eigenvalue weighted by atomic mass is 32.2. The van der Waals surface area contributed by atoms with E-state index in [-0.39, 0.29) is 17.7 Å². The van der Waals surface area contributed by atoms with E-state index in [0.29, 0.717) is 4.91 Å². The van der Waals surface area contributed by atoms with Gasteiger partial charge in [0.15, 0.2) is 0 Å².